The first-order valence-electron chi connectivity index (χ1n) is 7.52. The van der Waals surface area contributed by atoms with Crippen molar-refractivity contribution >= 4 is 11.6 Å². The monoisotopic (exact) mass is 276 g/mol. The highest BCUT2D eigenvalue weighted by atomic mass is 16.2. The Kier molecular flexibility index (Phi) is 6.05. The van der Waals surface area contributed by atoms with Crippen molar-refractivity contribution in [2.45, 2.75) is 53.1 Å². The molecule has 0 unspecified atom stereocenters. The van der Waals surface area contributed by atoms with Crippen LogP contribution in [-0.2, 0) is 0 Å². The third-order valence-electron chi connectivity index (χ3n) is 3.46. The van der Waals surface area contributed by atoms with Crippen LogP contribution in [0, 0.1) is 0 Å². The van der Waals surface area contributed by atoms with Crippen LogP contribution in [0.25, 0.3) is 0 Å². The summed E-state index contributed by atoms with van der Waals surface area (Å²) >= 11 is 0. The van der Waals surface area contributed by atoms with Crippen LogP contribution in [0.4, 0.5) is 5.69 Å². The maximum Gasteiger partial charge on any atom is 0.254 e. The molecular weight excluding hydrogens is 248 g/mol. The Morgan fingerprint density at radius 2 is 1.55 bits per heavy atom. The van der Waals surface area contributed by atoms with Gasteiger partial charge in [0.15, 0.2) is 0 Å². The van der Waals surface area contributed by atoms with E-state index in [0.717, 1.165) is 24.2 Å². The van der Waals surface area contributed by atoms with Gasteiger partial charge in [-0.1, -0.05) is 6.92 Å². The molecule has 0 aromatic heterocycles. The Morgan fingerprint density at radius 3 is 1.95 bits per heavy atom. The lowest BCUT2D eigenvalue weighted by molar-refractivity contribution is 0.0644. The van der Waals surface area contributed by atoms with Gasteiger partial charge in [-0.05, 0) is 58.4 Å². The molecule has 1 aromatic rings. The molecule has 0 saturated carbocycles. The van der Waals surface area contributed by atoms with E-state index in [0.29, 0.717) is 0 Å². The van der Waals surface area contributed by atoms with E-state index in [1.165, 1.54) is 0 Å². The van der Waals surface area contributed by atoms with Crippen molar-refractivity contribution in [2.75, 3.05) is 18.5 Å². The average Bonchev–Trinajstić information content (AvgIpc) is 2.38. The SMILES string of the molecule is CCCN(C)c1ccc(C(=O)N(C(C)C)C(C)C)cc1. The Labute approximate surface area is 123 Å². The lowest BCUT2D eigenvalue weighted by atomic mass is 10.1. The number of amides is 1. The van der Waals surface area contributed by atoms with Gasteiger partial charge in [0.2, 0.25) is 0 Å². The number of hydrogen-bond donors (Lipinski definition) is 0. The van der Waals surface area contributed by atoms with Crippen LogP contribution in [0.5, 0.6) is 0 Å². The Balaban J connectivity index is 2.89. The lowest BCUT2D eigenvalue weighted by Gasteiger charge is -2.31. The zero-order valence-electron chi connectivity index (χ0n) is 13.7. The van der Waals surface area contributed by atoms with Crippen molar-refractivity contribution in [1.82, 2.24) is 4.90 Å². The molecule has 0 bridgehead atoms. The largest absolute Gasteiger partial charge is 0.375 e. The summed E-state index contributed by atoms with van der Waals surface area (Å²) in [5.74, 6) is 0.111. The molecule has 0 aliphatic rings. The normalized spacial score (nSPS) is 11.0. The van der Waals surface area contributed by atoms with Crippen LogP contribution in [-0.4, -0.2) is 36.5 Å². The fraction of sp³-hybridized carbons (Fsp3) is 0.588. The molecule has 3 nitrogen and oxygen atoms in total. The Morgan fingerprint density at radius 1 is 1.05 bits per heavy atom. The molecule has 1 amide bonds. The highest BCUT2D eigenvalue weighted by Gasteiger charge is 2.21. The second kappa shape index (κ2) is 7.32. The highest BCUT2D eigenvalue weighted by Crippen LogP contribution is 2.17. The Bertz CT molecular complexity index is 415. The van der Waals surface area contributed by atoms with Gasteiger partial charge in [-0.2, -0.15) is 0 Å². The van der Waals surface area contributed by atoms with Crippen molar-refractivity contribution in [3.63, 3.8) is 0 Å². The van der Waals surface area contributed by atoms with E-state index in [1.54, 1.807) is 0 Å². The van der Waals surface area contributed by atoms with Crippen LogP contribution >= 0.6 is 0 Å². The number of hydrogen-bond acceptors (Lipinski definition) is 2. The minimum atomic E-state index is 0.111. The van der Waals surface area contributed by atoms with Crippen molar-refractivity contribution < 1.29 is 4.79 Å². The molecule has 3 heteroatoms. The summed E-state index contributed by atoms with van der Waals surface area (Å²) in [5.41, 5.74) is 1.92. The molecule has 0 radical (unpaired) electrons. The van der Waals surface area contributed by atoms with E-state index in [4.69, 9.17) is 0 Å². The van der Waals surface area contributed by atoms with Crippen LogP contribution in [0.15, 0.2) is 24.3 Å². The molecule has 0 aliphatic heterocycles. The quantitative estimate of drug-likeness (QED) is 0.789. The number of benzene rings is 1. The van der Waals surface area contributed by atoms with E-state index in [9.17, 15) is 4.79 Å². The molecule has 112 valence electrons. The summed E-state index contributed by atoms with van der Waals surface area (Å²) in [7, 11) is 2.08. The first kappa shape index (κ1) is 16.5. The van der Waals surface area contributed by atoms with E-state index >= 15 is 0 Å². The third kappa shape index (κ3) is 3.99. The number of anilines is 1. The molecule has 0 fully saturated rings. The maximum atomic E-state index is 12.5. The van der Waals surface area contributed by atoms with Crippen LogP contribution < -0.4 is 4.90 Å². The van der Waals surface area contributed by atoms with Crippen LogP contribution in [0.3, 0.4) is 0 Å². The van der Waals surface area contributed by atoms with Gasteiger partial charge in [-0.3, -0.25) is 4.79 Å². The van der Waals surface area contributed by atoms with Gasteiger partial charge < -0.3 is 9.80 Å². The van der Waals surface area contributed by atoms with Gasteiger partial charge in [0, 0.05) is 36.9 Å². The molecule has 0 heterocycles. The lowest BCUT2D eigenvalue weighted by Crippen LogP contribution is -2.42. The summed E-state index contributed by atoms with van der Waals surface area (Å²) in [5, 5.41) is 0. The predicted molar refractivity (Wildman–Crippen MR) is 86.4 cm³/mol. The molecule has 0 aliphatic carbocycles. The van der Waals surface area contributed by atoms with Gasteiger partial charge in [-0.25, -0.2) is 0 Å². The summed E-state index contributed by atoms with van der Waals surface area (Å²) in [6.07, 6.45) is 1.12. The zero-order valence-corrected chi connectivity index (χ0v) is 13.7. The fourth-order valence-corrected chi connectivity index (χ4v) is 2.54. The number of nitrogens with zero attached hydrogens (tertiary/aromatic N) is 2. The summed E-state index contributed by atoms with van der Waals surface area (Å²) in [6, 6.07) is 8.35. The summed E-state index contributed by atoms with van der Waals surface area (Å²) < 4.78 is 0. The van der Waals surface area contributed by atoms with Crippen molar-refractivity contribution in [3.8, 4) is 0 Å². The van der Waals surface area contributed by atoms with Gasteiger partial charge in [0.1, 0.15) is 0 Å². The molecule has 0 saturated heterocycles. The average molecular weight is 276 g/mol. The standard InChI is InChI=1S/C17H28N2O/c1-7-12-18(6)16-10-8-15(9-11-16)17(20)19(13(2)3)14(4)5/h8-11,13-14H,7,12H2,1-6H3. The predicted octanol–water partition coefficient (Wildman–Crippen LogP) is 3.79. The molecule has 0 spiro atoms. The number of carbonyl (C=O) groups is 1. The van der Waals surface area contributed by atoms with Crippen LogP contribution in [0.2, 0.25) is 0 Å². The first-order valence-corrected chi connectivity index (χ1v) is 7.52. The highest BCUT2D eigenvalue weighted by molar-refractivity contribution is 5.95. The van der Waals surface area contributed by atoms with E-state index < -0.39 is 0 Å². The van der Waals surface area contributed by atoms with Crippen molar-refractivity contribution in [2.24, 2.45) is 0 Å². The van der Waals surface area contributed by atoms with Gasteiger partial charge in [0.25, 0.3) is 5.91 Å². The third-order valence-corrected chi connectivity index (χ3v) is 3.46. The van der Waals surface area contributed by atoms with E-state index in [2.05, 4.69) is 46.6 Å². The second-order valence-corrected chi connectivity index (χ2v) is 5.87. The number of rotatable bonds is 6. The minimum absolute atomic E-state index is 0.111. The van der Waals surface area contributed by atoms with Gasteiger partial charge >= 0.3 is 0 Å². The molecule has 0 atom stereocenters. The van der Waals surface area contributed by atoms with Gasteiger partial charge in [-0.15, -0.1) is 0 Å². The first-order chi connectivity index (χ1) is 9.38. The number of carbonyl (C=O) groups excluding carboxylic acids is 1. The topological polar surface area (TPSA) is 23.6 Å². The molecule has 0 N–H and O–H groups in total. The fourth-order valence-electron chi connectivity index (χ4n) is 2.54. The van der Waals surface area contributed by atoms with Crippen molar-refractivity contribution in [3.05, 3.63) is 29.8 Å². The Hall–Kier alpha value is -1.51. The van der Waals surface area contributed by atoms with E-state index in [1.807, 2.05) is 29.2 Å². The second-order valence-electron chi connectivity index (χ2n) is 5.87. The summed E-state index contributed by atoms with van der Waals surface area (Å²) in [4.78, 5) is 16.7. The van der Waals surface area contributed by atoms with E-state index in [-0.39, 0.29) is 18.0 Å². The zero-order chi connectivity index (χ0) is 15.3. The maximum absolute atomic E-state index is 12.5. The molecular formula is C17H28N2O. The van der Waals surface area contributed by atoms with Crippen molar-refractivity contribution in [1.29, 1.82) is 0 Å². The van der Waals surface area contributed by atoms with Crippen LogP contribution in [0.1, 0.15) is 51.4 Å². The molecule has 20 heavy (non-hydrogen) atoms. The smallest absolute Gasteiger partial charge is 0.254 e. The summed E-state index contributed by atoms with van der Waals surface area (Å²) in [6.45, 7) is 11.4. The molecule has 1 rings (SSSR count). The minimum Gasteiger partial charge on any atom is -0.375 e. The van der Waals surface area contributed by atoms with Gasteiger partial charge in [0.05, 0.1) is 0 Å². The molecule has 1 aromatic carbocycles.